The van der Waals surface area contributed by atoms with Crippen molar-refractivity contribution in [2.75, 3.05) is 19.0 Å². The molecule has 0 saturated carbocycles. The summed E-state index contributed by atoms with van der Waals surface area (Å²) in [5, 5.41) is 5.75. The van der Waals surface area contributed by atoms with Gasteiger partial charge in [-0.1, -0.05) is 12.1 Å². The maximum atomic E-state index is 12.3. The molecule has 3 rings (SSSR count). The minimum Gasteiger partial charge on any atom is -0.497 e. The number of ether oxygens (including phenoxy) is 1. The first kappa shape index (κ1) is 16.1. The van der Waals surface area contributed by atoms with Crippen molar-refractivity contribution in [3.8, 4) is 5.75 Å². The zero-order chi connectivity index (χ0) is 16.9. The van der Waals surface area contributed by atoms with E-state index in [4.69, 9.17) is 4.74 Å². The Balaban J connectivity index is 1.58. The van der Waals surface area contributed by atoms with E-state index in [2.05, 4.69) is 10.6 Å². The molecule has 0 radical (unpaired) electrons. The van der Waals surface area contributed by atoms with E-state index < -0.39 is 0 Å². The van der Waals surface area contributed by atoms with Crippen LogP contribution in [0.15, 0.2) is 42.5 Å². The topological polar surface area (TPSA) is 67.4 Å². The van der Waals surface area contributed by atoms with Crippen molar-refractivity contribution in [3.63, 3.8) is 0 Å². The number of benzene rings is 2. The van der Waals surface area contributed by atoms with Gasteiger partial charge in [-0.15, -0.1) is 0 Å². The third-order valence-electron chi connectivity index (χ3n) is 4.10. The van der Waals surface area contributed by atoms with Crippen LogP contribution in [0.4, 0.5) is 5.69 Å². The zero-order valence-electron chi connectivity index (χ0n) is 13.6. The second-order valence-corrected chi connectivity index (χ2v) is 5.78. The fourth-order valence-electron chi connectivity index (χ4n) is 2.78. The van der Waals surface area contributed by atoms with Gasteiger partial charge in [0.15, 0.2) is 0 Å². The molecule has 124 valence electrons. The average molecular weight is 324 g/mol. The van der Waals surface area contributed by atoms with Gasteiger partial charge < -0.3 is 15.4 Å². The Morgan fingerprint density at radius 2 is 2.08 bits per heavy atom. The standard InChI is InChI=1S/C19H20N2O3/c1-24-16-4-2-3-13(11-16)9-10-20-19(23)15-5-7-17-14(12-15)6-8-18(22)21-17/h2-5,7,11-12H,6,8-10H2,1H3,(H,20,23)(H,21,22). The Hall–Kier alpha value is -2.82. The van der Waals surface area contributed by atoms with Crippen molar-refractivity contribution in [2.24, 2.45) is 0 Å². The molecule has 0 aliphatic carbocycles. The molecule has 0 fully saturated rings. The molecule has 0 aromatic heterocycles. The molecule has 0 bridgehead atoms. The van der Waals surface area contributed by atoms with Gasteiger partial charge in [0, 0.05) is 24.2 Å². The number of aryl methyl sites for hydroxylation is 1. The van der Waals surface area contributed by atoms with Gasteiger partial charge in [-0.25, -0.2) is 0 Å². The summed E-state index contributed by atoms with van der Waals surface area (Å²) in [6, 6.07) is 13.2. The molecule has 1 aliphatic heterocycles. The van der Waals surface area contributed by atoms with Gasteiger partial charge in [0.25, 0.3) is 5.91 Å². The summed E-state index contributed by atoms with van der Waals surface area (Å²) >= 11 is 0. The molecule has 0 saturated heterocycles. The number of carbonyl (C=O) groups is 2. The Bertz CT molecular complexity index is 771. The van der Waals surface area contributed by atoms with Crippen molar-refractivity contribution in [1.29, 1.82) is 0 Å². The van der Waals surface area contributed by atoms with Crippen LogP contribution >= 0.6 is 0 Å². The van der Waals surface area contributed by atoms with Gasteiger partial charge in [-0.2, -0.15) is 0 Å². The van der Waals surface area contributed by atoms with E-state index in [1.807, 2.05) is 30.3 Å². The SMILES string of the molecule is COc1cccc(CCNC(=O)c2ccc3c(c2)CCC(=O)N3)c1. The highest BCUT2D eigenvalue weighted by Gasteiger charge is 2.16. The highest BCUT2D eigenvalue weighted by molar-refractivity contribution is 5.97. The molecule has 5 nitrogen and oxygen atoms in total. The number of rotatable bonds is 5. The van der Waals surface area contributed by atoms with E-state index in [1.54, 1.807) is 19.2 Å². The second-order valence-electron chi connectivity index (χ2n) is 5.78. The van der Waals surface area contributed by atoms with Crippen LogP contribution in [0.5, 0.6) is 5.75 Å². The largest absolute Gasteiger partial charge is 0.497 e. The molecular weight excluding hydrogens is 304 g/mol. The van der Waals surface area contributed by atoms with Gasteiger partial charge in [0.2, 0.25) is 5.91 Å². The number of hydrogen-bond acceptors (Lipinski definition) is 3. The molecule has 2 N–H and O–H groups in total. The third kappa shape index (κ3) is 3.74. The highest BCUT2D eigenvalue weighted by Crippen LogP contribution is 2.23. The van der Waals surface area contributed by atoms with Crippen LogP contribution in [-0.4, -0.2) is 25.5 Å². The predicted octanol–water partition coefficient (Wildman–Crippen LogP) is 2.55. The first-order valence-corrected chi connectivity index (χ1v) is 7.99. The molecular formula is C19H20N2O3. The van der Waals surface area contributed by atoms with Crippen LogP contribution in [0.3, 0.4) is 0 Å². The van der Waals surface area contributed by atoms with E-state index in [9.17, 15) is 9.59 Å². The smallest absolute Gasteiger partial charge is 0.251 e. The maximum Gasteiger partial charge on any atom is 0.251 e. The van der Waals surface area contributed by atoms with Crippen molar-refractivity contribution in [1.82, 2.24) is 5.32 Å². The minimum atomic E-state index is -0.0994. The lowest BCUT2D eigenvalue weighted by Gasteiger charge is -2.17. The number of methoxy groups -OCH3 is 1. The van der Waals surface area contributed by atoms with E-state index in [0.717, 1.165) is 29.0 Å². The highest BCUT2D eigenvalue weighted by atomic mass is 16.5. The van der Waals surface area contributed by atoms with Crippen LogP contribution in [0.2, 0.25) is 0 Å². The zero-order valence-corrected chi connectivity index (χ0v) is 13.6. The molecule has 0 atom stereocenters. The molecule has 2 amide bonds. The van der Waals surface area contributed by atoms with Gasteiger partial charge in [-0.3, -0.25) is 9.59 Å². The van der Waals surface area contributed by atoms with E-state index in [-0.39, 0.29) is 11.8 Å². The number of nitrogens with one attached hydrogen (secondary N) is 2. The molecule has 0 unspecified atom stereocenters. The Morgan fingerprint density at radius 1 is 1.21 bits per heavy atom. The van der Waals surface area contributed by atoms with Crippen molar-refractivity contribution in [2.45, 2.75) is 19.3 Å². The molecule has 1 aliphatic rings. The summed E-state index contributed by atoms with van der Waals surface area (Å²) in [5.41, 5.74) is 3.55. The lowest BCUT2D eigenvalue weighted by molar-refractivity contribution is -0.116. The fraction of sp³-hybridized carbons (Fsp3) is 0.263. The number of carbonyl (C=O) groups excluding carboxylic acids is 2. The van der Waals surface area contributed by atoms with Crippen LogP contribution in [-0.2, 0) is 17.6 Å². The maximum absolute atomic E-state index is 12.3. The summed E-state index contributed by atoms with van der Waals surface area (Å²) in [7, 11) is 1.64. The molecule has 24 heavy (non-hydrogen) atoms. The monoisotopic (exact) mass is 324 g/mol. The molecule has 2 aromatic rings. The van der Waals surface area contributed by atoms with Gasteiger partial charge in [-0.05, 0) is 54.3 Å². The summed E-state index contributed by atoms with van der Waals surface area (Å²) in [6.07, 6.45) is 1.88. The van der Waals surface area contributed by atoms with Gasteiger partial charge in [0.1, 0.15) is 5.75 Å². The van der Waals surface area contributed by atoms with Gasteiger partial charge in [0.05, 0.1) is 7.11 Å². The number of anilines is 1. The number of amides is 2. The quantitative estimate of drug-likeness (QED) is 0.888. The Morgan fingerprint density at radius 3 is 2.92 bits per heavy atom. The first-order chi connectivity index (χ1) is 11.7. The van der Waals surface area contributed by atoms with Crippen LogP contribution in [0.1, 0.15) is 27.9 Å². The predicted molar refractivity (Wildman–Crippen MR) is 92.4 cm³/mol. The number of hydrogen-bond donors (Lipinski definition) is 2. The second kappa shape index (κ2) is 7.17. The van der Waals surface area contributed by atoms with Crippen molar-refractivity contribution >= 4 is 17.5 Å². The third-order valence-corrected chi connectivity index (χ3v) is 4.10. The molecule has 1 heterocycles. The Kier molecular flexibility index (Phi) is 4.79. The molecule has 5 heteroatoms. The summed E-state index contributed by atoms with van der Waals surface area (Å²) in [4.78, 5) is 23.7. The minimum absolute atomic E-state index is 0.0259. The number of fused-ring (bicyclic) bond motifs is 1. The summed E-state index contributed by atoms with van der Waals surface area (Å²) in [5.74, 6) is 0.742. The molecule has 2 aromatic carbocycles. The van der Waals surface area contributed by atoms with Gasteiger partial charge >= 0.3 is 0 Å². The average Bonchev–Trinajstić information content (AvgIpc) is 2.61. The fourth-order valence-corrected chi connectivity index (χ4v) is 2.78. The van der Waals surface area contributed by atoms with Crippen LogP contribution < -0.4 is 15.4 Å². The lowest BCUT2D eigenvalue weighted by atomic mass is 10.00. The van der Waals surface area contributed by atoms with Crippen molar-refractivity contribution in [3.05, 3.63) is 59.2 Å². The van der Waals surface area contributed by atoms with Crippen LogP contribution in [0.25, 0.3) is 0 Å². The molecule has 0 spiro atoms. The summed E-state index contributed by atoms with van der Waals surface area (Å²) in [6.45, 7) is 0.555. The van der Waals surface area contributed by atoms with E-state index in [0.29, 0.717) is 24.9 Å². The lowest BCUT2D eigenvalue weighted by Crippen LogP contribution is -2.26. The Labute approximate surface area is 141 Å². The first-order valence-electron chi connectivity index (χ1n) is 7.99. The van der Waals surface area contributed by atoms with E-state index in [1.165, 1.54) is 0 Å². The van der Waals surface area contributed by atoms with Crippen LogP contribution in [0, 0.1) is 0 Å². The summed E-state index contributed by atoms with van der Waals surface area (Å²) < 4.78 is 5.19. The van der Waals surface area contributed by atoms with E-state index >= 15 is 0 Å². The van der Waals surface area contributed by atoms with Crippen molar-refractivity contribution < 1.29 is 14.3 Å². The normalized spacial score (nSPS) is 13.0.